The van der Waals surface area contributed by atoms with Crippen LogP contribution in [-0.2, 0) is 24.2 Å². The molecule has 2 aliphatic rings. The van der Waals surface area contributed by atoms with Gasteiger partial charge in [-0.1, -0.05) is 47.4 Å². The molecule has 5 aromatic rings. The summed E-state index contributed by atoms with van der Waals surface area (Å²) in [7, 11) is 0. The molecule has 2 aliphatic heterocycles. The number of aryl methyl sites for hydroxylation is 1. The van der Waals surface area contributed by atoms with Crippen LogP contribution in [0.1, 0.15) is 61.7 Å². The molecule has 7 rings (SSSR count). The molecule has 4 N–H and O–H groups in total. The van der Waals surface area contributed by atoms with Gasteiger partial charge in [-0.3, -0.25) is 19.8 Å². The Morgan fingerprint density at radius 2 is 1.82 bits per heavy atom. The standard InChI is InChI=1S/C41H42FN7O5S2/c42-31-25-27(7-5-18-47-20-22-48(23-21-47)36(50)13-4-17-43)14-15-33(31)54-24-6-12-35-37(39(52)53)45-41(56-35)49-19-16-28-8-3-9-29(30(28)26-49)38(51)46-40-44-32-10-1-2-11-34(32)55-40/h1-3,8-11,14-15,25H,4,6,12-13,16-24,26,43H2,(H,52,53)(H,44,46,51). The highest BCUT2D eigenvalue weighted by atomic mass is 32.1. The largest absolute Gasteiger partial charge is 0.491 e. The van der Waals surface area contributed by atoms with E-state index in [0.717, 1.165) is 34.4 Å². The fraction of sp³-hybridized carbons (Fsp3) is 0.341. The Morgan fingerprint density at radius 1 is 0.982 bits per heavy atom. The number of carboxylic acids is 1. The first-order valence-corrected chi connectivity index (χ1v) is 20.3. The lowest BCUT2D eigenvalue weighted by Gasteiger charge is -2.33. The minimum Gasteiger partial charge on any atom is -0.491 e. The Morgan fingerprint density at radius 3 is 2.61 bits per heavy atom. The maximum Gasteiger partial charge on any atom is 0.355 e. The summed E-state index contributed by atoms with van der Waals surface area (Å²) < 4.78 is 21.7. The molecule has 0 unspecified atom stereocenters. The van der Waals surface area contributed by atoms with Crippen LogP contribution in [0.3, 0.4) is 0 Å². The van der Waals surface area contributed by atoms with Crippen molar-refractivity contribution in [3.63, 3.8) is 0 Å². The smallest absolute Gasteiger partial charge is 0.355 e. The first kappa shape index (κ1) is 38.9. The normalized spacial score (nSPS) is 14.2. The van der Waals surface area contributed by atoms with E-state index in [2.05, 4.69) is 32.0 Å². The monoisotopic (exact) mass is 795 g/mol. The quantitative estimate of drug-likeness (QED) is 0.101. The van der Waals surface area contributed by atoms with Gasteiger partial charge in [0, 0.05) is 61.7 Å². The summed E-state index contributed by atoms with van der Waals surface area (Å²) in [5, 5.41) is 14.0. The number of hydrogen-bond donors (Lipinski definition) is 3. The van der Waals surface area contributed by atoms with E-state index in [-0.39, 0.29) is 29.9 Å². The molecule has 0 radical (unpaired) electrons. The molecule has 4 heterocycles. The molecular formula is C41H42FN7O5S2. The molecule has 56 heavy (non-hydrogen) atoms. The number of nitrogens with two attached hydrogens (primary N) is 1. The highest BCUT2D eigenvalue weighted by Gasteiger charge is 2.27. The van der Waals surface area contributed by atoms with Crippen LogP contribution in [0.25, 0.3) is 10.2 Å². The molecule has 2 amide bonds. The van der Waals surface area contributed by atoms with Crippen molar-refractivity contribution >= 4 is 60.9 Å². The van der Waals surface area contributed by atoms with Crippen molar-refractivity contribution in [3.05, 3.63) is 99.3 Å². The van der Waals surface area contributed by atoms with E-state index >= 15 is 0 Å². The minimum atomic E-state index is -1.12. The number of nitrogens with zero attached hydrogens (tertiary/aromatic N) is 5. The fourth-order valence-corrected chi connectivity index (χ4v) is 8.77. The van der Waals surface area contributed by atoms with Crippen molar-refractivity contribution in [2.75, 3.05) is 62.6 Å². The number of thiazole rings is 2. The third kappa shape index (κ3) is 9.34. The number of piperazine rings is 1. The van der Waals surface area contributed by atoms with Crippen LogP contribution in [0.2, 0.25) is 0 Å². The number of rotatable bonds is 13. The number of aromatic carboxylic acids is 1. The predicted molar refractivity (Wildman–Crippen MR) is 216 cm³/mol. The Hall–Kier alpha value is -5.40. The molecule has 0 aliphatic carbocycles. The van der Waals surface area contributed by atoms with Crippen LogP contribution in [0, 0.1) is 17.7 Å². The second kappa shape index (κ2) is 18.0. The van der Waals surface area contributed by atoms with Crippen LogP contribution in [0.15, 0.2) is 60.7 Å². The maximum absolute atomic E-state index is 14.9. The highest BCUT2D eigenvalue weighted by molar-refractivity contribution is 7.22. The van der Waals surface area contributed by atoms with Gasteiger partial charge >= 0.3 is 5.97 Å². The zero-order chi connectivity index (χ0) is 39.0. The number of nitrogens with one attached hydrogen (secondary N) is 1. The summed E-state index contributed by atoms with van der Waals surface area (Å²) in [6.07, 6.45) is 2.70. The van der Waals surface area contributed by atoms with Crippen LogP contribution < -0.4 is 20.7 Å². The summed E-state index contributed by atoms with van der Waals surface area (Å²) in [5.41, 5.74) is 9.35. The molecule has 0 spiro atoms. The second-order valence-corrected chi connectivity index (χ2v) is 15.7. The summed E-state index contributed by atoms with van der Waals surface area (Å²) in [4.78, 5) is 53.6. The molecule has 15 heteroatoms. The van der Waals surface area contributed by atoms with Gasteiger partial charge < -0.3 is 25.4 Å². The summed E-state index contributed by atoms with van der Waals surface area (Å²) in [6.45, 7) is 5.05. The lowest BCUT2D eigenvalue weighted by atomic mass is 9.94. The van der Waals surface area contributed by atoms with E-state index in [0.29, 0.717) is 97.6 Å². The SMILES string of the molecule is NCCCC(=O)N1CCN(CC#Cc2ccc(OCCCc3sc(N4CCc5cccc(C(=O)Nc6nc7ccccc7s6)c5C4)nc3C(=O)O)c(F)c2)CC1. The Kier molecular flexibility index (Phi) is 12.5. The van der Waals surface area contributed by atoms with Gasteiger partial charge in [0.2, 0.25) is 5.91 Å². The average Bonchev–Trinajstić information content (AvgIpc) is 3.83. The lowest BCUT2D eigenvalue weighted by molar-refractivity contribution is -0.132. The van der Waals surface area contributed by atoms with Gasteiger partial charge in [0.15, 0.2) is 27.5 Å². The molecule has 1 fully saturated rings. The van der Waals surface area contributed by atoms with E-state index in [1.165, 1.54) is 28.7 Å². The number of para-hydroxylation sites is 1. The van der Waals surface area contributed by atoms with E-state index in [4.69, 9.17) is 10.5 Å². The number of aromatic nitrogens is 2. The van der Waals surface area contributed by atoms with Crippen molar-refractivity contribution in [2.45, 2.75) is 38.6 Å². The van der Waals surface area contributed by atoms with Crippen LogP contribution >= 0.6 is 22.7 Å². The van der Waals surface area contributed by atoms with Gasteiger partial charge in [0.05, 0.1) is 23.4 Å². The average molecular weight is 796 g/mol. The van der Waals surface area contributed by atoms with Gasteiger partial charge in [0.25, 0.3) is 5.91 Å². The molecular weight excluding hydrogens is 754 g/mol. The van der Waals surface area contributed by atoms with Gasteiger partial charge in [0.1, 0.15) is 0 Å². The van der Waals surface area contributed by atoms with Gasteiger partial charge in [-0.15, -0.1) is 11.3 Å². The van der Waals surface area contributed by atoms with E-state index in [1.807, 2.05) is 46.2 Å². The molecule has 1 saturated heterocycles. The maximum atomic E-state index is 14.9. The van der Waals surface area contributed by atoms with Crippen molar-refractivity contribution in [1.29, 1.82) is 0 Å². The summed E-state index contributed by atoms with van der Waals surface area (Å²) >= 11 is 2.73. The number of ether oxygens (including phenoxy) is 1. The first-order chi connectivity index (χ1) is 27.2. The number of benzene rings is 3. The molecule has 2 aromatic heterocycles. The van der Waals surface area contributed by atoms with Crippen molar-refractivity contribution < 1.29 is 28.6 Å². The van der Waals surface area contributed by atoms with Crippen molar-refractivity contribution in [2.24, 2.45) is 5.73 Å². The fourth-order valence-electron chi connectivity index (χ4n) is 6.79. The topological polar surface area (TPSA) is 154 Å². The lowest BCUT2D eigenvalue weighted by Crippen LogP contribution is -2.48. The van der Waals surface area contributed by atoms with Crippen LogP contribution in [0.4, 0.5) is 14.7 Å². The number of carbonyl (C=O) groups excluding carboxylic acids is 2. The van der Waals surface area contributed by atoms with Crippen molar-refractivity contribution in [3.8, 4) is 17.6 Å². The summed E-state index contributed by atoms with van der Waals surface area (Å²) in [6, 6.07) is 18.0. The molecule has 0 saturated carbocycles. The number of amides is 2. The van der Waals surface area contributed by atoms with Crippen LogP contribution in [-0.4, -0.2) is 95.1 Å². The number of carboxylic acid groups (broad SMARTS) is 1. The zero-order valence-electron chi connectivity index (χ0n) is 30.8. The number of fused-ring (bicyclic) bond motifs is 2. The van der Waals surface area contributed by atoms with Gasteiger partial charge in [-0.05, 0) is 79.8 Å². The Balaban J connectivity index is 0.914. The molecule has 290 valence electrons. The van der Waals surface area contributed by atoms with E-state index < -0.39 is 11.8 Å². The predicted octanol–water partition coefficient (Wildman–Crippen LogP) is 5.65. The molecule has 12 nitrogen and oxygen atoms in total. The minimum absolute atomic E-state index is 0.00959. The third-order valence-corrected chi connectivity index (χ3v) is 11.9. The number of halogens is 1. The zero-order valence-corrected chi connectivity index (χ0v) is 32.4. The van der Waals surface area contributed by atoms with E-state index in [9.17, 15) is 23.9 Å². The second-order valence-electron chi connectivity index (χ2n) is 13.6. The highest BCUT2D eigenvalue weighted by Crippen LogP contribution is 2.33. The number of hydrogen-bond acceptors (Lipinski definition) is 11. The number of carbonyl (C=O) groups is 3. The van der Waals surface area contributed by atoms with Crippen molar-refractivity contribution in [1.82, 2.24) is 19.8 Å². The Bertz CT molecular complexity index is 2260. The van der Waals surface area contributed by atoms with Crippen LogP contribution in [0.5, 0.6) is 5.75 Å². The van der Waals surface area contributed by atoms with E-state index in [1.54, 1.807) is 18.2 Å². The summed E-state index contributed by atoms with van der Waals surface area (Å²) in [5.74, 6) is 4.48. The number of anilines is 2. The Labute approximate surface area is 332 Å². The van der Waals surface area contributed by atoms with Gasteiger partial charge in [-0.25, -0.2) is 19.2 Å². The molecule has 0 atom stereocenters. The van der Waals surface area contributed by atoms with Gasteiger partial charge in [-0.2, -0.15) is 0 Å². The molecule has 0 bridgehead atoms. The third-order valence-electron chi connectivity index (χ3n) is 9.78. The molecule has 3 aromatic carbocycles. The first-order valence-electron chi connectivity index (χ1n) is 18.6.